The van der Waals surface area contributed by atoms with Crippen molar-refractivity contribution in [2.24, 2.45) is 5.73 Å². The third-order valence-electron chi connectivity index (χ3n) is 3.50. The van der Waals surface area contributed by atoms with Crippen molar-refractivity contribution in [1.29, 1.82) is 0 Å². The van der Waals surface area contributed by atoms with Crippen molar-refractivity contribution >= 4 is 15.9 Å². The molecular formula is C12H13BrFNO2. The van der Waals surface area contributed by atoms with Crippen molar-refractivity contribution in [3.8, 4) is 11.5 Å². The number of nitrogens with two attached hydrogens (primary N) is 1. The van der Waals surface area contributed by atoms with Gasteiger partial charge in [-0.3, -0.25) is 0 Å². The highest BCUT2D eigenvalue weighted by molar-refractivity contribution is 9.10. The average molecular weight is 302 g/mol. The number of benzene rings is 1. The quantitative estimate of drug-likeness (QED) is 0.912. The smallest absolute Gasteiger partial charge is 0.176 e. The molecule has 0 amide bonds. The van der Waals surface area contributed by atoms with Crippen LogP contribution in [0.2, 0.25) is 0 Å². The molecule has 0 atom stereocenters. The lowest BCUT2D eigenvalue weighted by Crippen LogP contribution is -2.23. The van der Waals surface area contributed by atoms with Gasteiger partial charge in [0.1, 0.15) is 19.0 Å². The van der Waals surface area contributed by atoms with Gasteiger partial charge in [-0.05, 0) is 28.8 Å². The monoisotopic (exact) mass is 301 g/mol. The molecule has 3 rings (SSSR count). The van der Waals surface area contributed by atoms with E-state index in [0.717, 1.165) is 12.8 Å². The molecule has 0 radical (unpaired) electrons. The van der Waals surface area contributed by atoms with E-state index in [-0.39, 0.29) is 11.2 Å². The minimum atomic E-state index is -0.260. The predicted molar refractivity (Wildman–Crippen MR) is 65.1 cm³/mol. The summed E-state index contributed by atoms with van der Waals surface area (Å²) in [6, 6.07) is 1.41. The Morgan fingerprint density at radius 1 is 1.35 bits per heavy atom. The molecule has 2 N–H and O–H groups in total. The zero-order valence-electron chi connectivity index (χ0n) is 9.26. The van der Waals surface area contributed by atoms with E-state index in [4.69, 9.17) is 15.2 Å². The topological polar surface area (TPSA) is 44.5 Å². The Bertz CT molecular complexity index is 474. The Morgan fingerprint density at radius 2 is 2.06 bits per heavy atom. The predicted octanol–water partition coefficient (Wildman–Crippen LogP) is 2.35. The van der Waals surface area contributed by atoms with E-state index in [1.165, 1.54) is 6.07 Å². The maximum absolute atomic E-state index is 14.1. The lowest BCUT2D eigenvalue weighted by molar-refractivity contribution is 0.169. The van der Waals surface area contributed by atoms with Crippen LogP contribution in [0.15, 0.2) is 10.5 Å². The SMILES string of the molecule is NCC1(c2c(F)cc3c(c2Br)OCCO3)CC1. The molecule has 1 saturated carbocycles. The van der Waals surface area contributed by atoms with Crippen LogP contribution in [0.1, 0.15) is 18.4 Å². The summed E-state index contributed by atoms with van der Waals surface area (Å²) >= 11 is 3.43. The van der Waals surface area contributed by atoms with Crippen molar-refractivity contribution < 1.29 is 13.9 Å². The maximum atomic E-state index is 14.1. The maximum Gasteiger partial charge on any atom is 0.176 e. The third kappa shape index (κ3) is 1.64. The van der Waals surface area contributed by atoms with Gasteiger partial charge >= 0.3 is 0 Å². The molecule has 0 saturated heterocycles. The Hall–Kier alpha value is -0.810. The molecule has 5 heteroatoms. The molecule has 1 fully saturated rings. The number of fused-ring (bicyclic) bond motifs is 1. The van der Waals surface area contributed by atoms with E-state index < -0.39 is 0 Å². The molecule has 1 heterocycles. The Morgan fingerprint density at radius 3 is 2.71 bits per heavy atom. The van der Waals surface area contributed by atoms with Crippen LogP contribution in [-0.4, -0.2) is 19.8 Å². The molecule has 17 heavy (non-hydrogen) atoms. The number of hydrogen-bond donors (Lipinski definition) is 1. The molecule has 92 valence electrons. The fourth-order valence-electron chi connectivity index (χ4n) is 2.31. The second-order valence-electron chi connectivity index (χ2n) is 4.56. The van der Waals surface area contributed by atoms with Gasteiger partial charge in [0.25, 0.3) is 0 Å². The Labute approximate surface area is 107 Å². The van der Waals surface area contributed by atoms with Gasteiger partial charge in [0.2, 0.25) is 0 Å². The molecule has 0 bridgehead atoms. The van der Waals surface area contributed by atoms with Crippen LogP contribution in [0.25, 0.3) is 0 Å². The molecule has 1 aliphatic carbocycles. The number of halogens is 2. The molecule has 2 aliphatic rings. The highest BCUT2D eigenvalue weighted by Gasteiger charge is 2.47. The summed E-state index contributed by atoms with van der Waals surface area (Å²) < 4.78 is 25.7. The fourth-order valence-corrected chi connectivity index (χ4v) is 3.23. The van der Waals surface area contributed by atoms with Gasteiger partial charge in [-0.25, -0.2) is 4.39 Å². The van der Waals surface area contributed by atoms with E-state index >= 15 is 0 Å². The summed E-state index contributed by atoms with van der Waals surface area (Å²) in [6.45, 7) is 1.41. The molecule has 3 nitrogen and oxygen atoms in total. The summed E-state index contributed by atoms with van der Waals surface area (Å²) in [5.74, 6) is 0.814. The van der Waals surface area contributed by atoms with Gasteiger partial charge in [-0.1, -0.05) is 0 Å². The number of ether oxygens (including phenoxy) is 2. The van der Waals surface area contributed by atoms with Crippen LogP contribution in [-0.2, 0) is 5.41 Å². The molecule has 1 aliphatic heterocycles. The third-order valence-corrected chi connectivity index (χ3v) is 4.26. The summed E-state index contributed by atoms with van der Waals surface area (Å²) in [4.78, 5) is 0. The van der Waals surface area contributed by atoms with Crippen LogP contribution in [0.3, 0.4) is 0 Å². The lowest BCUT2D eigenvalue weighted by Gasteiger charge is -2.24. The Kier molecular flexibility index (Phi) is 2.56. The number of rotatable bonds is 2. The largest absolute Gasteiger partial charge is 0.486 e. The van der Waals surface area contributed by atoms with Gasteiger partial charge in [-0.15, -0.1) is 0 Å². The van der Waals surface area contributed by atoms with Gasteiger partial charge in [0, 0.05) is 23.6 Å². The molecule has 0 aromatic heterocycles. The molecule has 0 unspecified atom stereocenters. The van der Waals surface area contributed by atoms with E-state index in [1.807, 2.05) is 0 Å². The van der Waals surface area contributed by atoms with E-state index in [0.29, 0.717) is 41.3 Å². The first kappa shape index (κ1) is 11.3. The molecule has 1 aromatic carbocycles. The molecular weight excluding hydrogens is 289 g/mol. The van der Waals surface area contributed by atoms with Crippen molar-refractivity contribution in [2.75, 3.05) is 19.8 Å². The first-order chi connectivity index (χ1) is 8.18. The highest BCUT2D eigenvalue weighted by atomic mass is 79.9. The zero-order valence-corrected chi connectivity index (χ0v) is 10.8. The van der Waals surface area contributed by atoms with E-state index in [1.54, 1.807) is 0 Å². The normalized spacial score (nSPS) is 20.2. The summed E-state index contributed by atoms with van der Waals surface area (Å²) in [6.07, 6.45) is 1.86. The number of hydrogen-bond acceptors (Lipinski definition) is 3. The second-order valence-corrected chi connectivity index (χ2v) is 5.35. The van der Waals surface area contributed by atoms with Gasteiger partial charge in [0.05, 0.1) is 4.47 Å². The fraction of sp³-hybridized carbons (Fsp3) is 0.500. The van der Waals surface area contributed by atoms with Crippen LogP contribution in [0, 0.1) is 5.82 Å². The minimum absolute atomic E-state index is 0.210. The summed E-state index contributed by atoms with van der Waals surface area (Å²) in [5, 5.41) is 0. The van der Waals surface area contributed by atoms with E-state index in [2.05, 4.69) is 15.9 Å². The van der Waals surface area contributed by atoms with Gasteiger partial charge in [-0.2, -0.15) is 0 Å². The van der Waals surface area contributed by atoms with Crippen LogP contribution < -0.4 is 15.2 Å². The zero-order chi connectivity index (χ0) is 12.0. The Balaban J connectivity index is 2.16. The van der Waals surface area contributed by atoms with Crippen molar-refractivity contribution in [3.05, 3.63) is 21.9 Å². The molecule has 1 aromatic rings. The highest BCUT2D eigenvalue weighted by Crippen LogP contribution is 2.54. The van der Waals surface area contributed by atoms with E-state index in [9.17, 15) is 4.39 Å². The second kappa shape index (κ2) is 3.85. The summed E-state index contributed by atoms with van der Waals surface area (Å²) in [5.41, 5.74) is 6.19. The van der Waals surface area contributed by atoms with Crippen LogP contribution in [0.4, 0.5) is 4.39 Å². The van der Waals surface area contributed by atoms with Crippen LogP contribution in [0.5, 0.6) is 11.5 Å². The first-order valence-corrected chi connectivity index (χ1v) is 6.45. The summed E-state index contributed by atoms with van der Waals surface area (Å²) in [7, 11) is 0. The lowest BCUT2D eigenvalue weighted by atomic mass is 9.95. The van der Waals surface area contributed by atoms with Gasteiger partial charge < -0.3 is 15.2 Å². The average Bonchev–Trinajstić information content (AvgIpc) is 3.10. The first-order valence-electron chi connectivity index (χ1n) is 5.66. The standard InChI is InChI=1S/C12H13BrFNO2/c13-10-9(12(6-15)1-2-12)7(14)5-8-11(10)17-4-3-16-8/h5H,1-4,6,15H2. The molecule has 0 spiro atoms. The van der Waals surface area contributed by atoms with Crippen molar-refractivity contribution in [2.45, 2.75) is 18.3 Å². The van der Waals surface area contributed by atoms with Crippen molar-refractivity contribution in [1.82, 2.24) is 0 Å². The van der Waals surface area contributed by atoms with Crippen molar-refractivity contribution in [3.63, 3.8) is 0 Å². The minimum Gasteiger partial charge on any atom is -0.486 e. The van der Waals surface area contributed by atoms with Gasteiger partial charge in [0.15, 0.2) is 11.5 Å². The van der Waals surface area contributed by atoms with Crippen LogP contribution >= 0.6 is 15.9 Å².